The largest absolute Gasteiger partial charge is 0.406 e. The van der Waals surface area contributed by atoms with Gasteiger partial charge in [-0.3, -0.25) is 0 Å². The highest BCUT2D eigenvalue weighted by Gasteiger charge is 2.39. The van der Waals surface area contributed by atoms with E-state index in [9.17, 15) is 5.11 Å². The van der Waals surface area contributed by atoms with Crippen molar-refractivity contribution in [3.05, 3.63) is 60.7 Å². The quantitative estimate of drug-likeness (QED) is 0.167. The number of hydrogen-bond acceptors (Lipinski definition) is 4. The van der Waals surface area contributed by atoms with Crippen LogP contribution < -0.4 is 0 Å². The first kappa shape index (κ1) is 27.4. The smallest absolute Gasteiger partial charge is 0.193 e. The van der Waals surface area contributed by atoms with Crippen LogP contribution in [-0.2, 0) is 4.43 Å². The molecule has 1 aliphatic carbocycles. The fourth-order valence-corrected chi connectivity index (χ4v) is 7.60. The highest BCUT2D eigenvalue weighted by Crippen LogP contribution is 2.44. The molecule has 0 radical (unpaired) electrons. The summed E-state index contributed by atoms with van der Waals surface area (Å²) in [4.78, 5) is 2.54. The summed E-state index contributed by atoms with van der Waals surface area (Å²) in [7, 11) is -1.84. The SMILES string of the molecule is CC(C)(C)[Si](C)(C)OCC#CC1(O)CCCCC1CC(Sc1ccccc1)Sc1ccccc1. The fraction of sp³-hybridized carbons (Fsp3) is 0.517. The first-order valence-corrected chi connectivity index (χ1v) is 17.1. The molecular formula is C29H40O2S2Si. The summed E-state index contributed by atoms with van der Waals surface area (Å²) in [5.41, 5.74) is -0.929. The van der Waals surface area contributed by atoms with E-state index in [0.29, 0.717) is 11.2 Å². The van der Waals surface area contributed by atoms with Crippen molar-refractivity contribution in [1.82, 2.24) is 0 Å². The third kappa shape index (κ3) is 7.93. The zero-order valence-corrected chi connectivity index (χ0v) is 24.0. The normalized spacial score (nSPS) is 21.2. The predicted octanol–water partition coefficient (Wildman–Crippen LogP) is 8.23. The lowest BCUT2D eigenvalue weighted by Crippen LogP contribution is -2.41. The second-order valence-electron chi connectivity index (χ2n) is 10.7. The molecule has 34 heavy (non-hydrogen) atoms. The van der Waals surface area contributed by atoms with Gasteiger partial charge in [-0.1, -0.05) is 75.4 Å². The third-order valence-electron chi connectivity index (χ3n) is 7.15. The van der Waals surface area contributed by atoms with Crippen LogP contribution in [-0.4, -0.2) is 30.2 Å². The van der Waals surface area contributed by atoms with Gasteiger partial charge in [0.2, 0.25) is 0 Å². The van der Waals surface area contributed by atoms with Crippen LogP contribution in [0.1, 0.15) is 52.9 Å². The van der Waals surface area contributed by atoms with E-state index >= 15 is 0 Å². The molecule has 184 valence electrons. The minimum Gasteiger partial charge on any atom is -0.406 e. The van der Waals surface area contributed by atoms with Gasteiger partial charge in [0.15, 0.2) is 8.32 Å². The number of thioether (sulfide) groups is 2. The van der Waals surface area contributed by atoms with Gasteiger partial charge in [0.05, 0.1) is 11.2 Å². The molecule has 0 bridgehead atoms. The van der Waals surface area contributed by atoms with Gasteiger partial charge >= 0.3 is 0 Å². The molecule has 0 saturated heterocycles. The minimum atomic E-state index is -1.84. The molecule has 2 unspecified atom stereocenters. The Morgan fingerprint density at radius 3 is 2.09 bits per heavy atom. The summed E-state index contributed by atoms with van der Waals surface area (Å²) in [6.45, 7) is 11.6. The maximum atomic E-state index is 11.7. The van der Waals surface area contributed by atoms with Crippen LogP contribution in [0.15, 0.2) is 70.5 Å². The molecule has 0 heterocycles. The lowest BCUT2D eigenvalue weighted by molar-refractivity contribution is 0.00228. The van der Waals surface area contributed by atoms with Crippen LogP contribution in [0.4, 0.5) is 0 Å². The zero-order chi connectivity index (χ0) is 24.7. The molecule has 3 rings (SSSR count). The van der Waals surface area contributed by atoms with Gasteiger partial charge in [-0.05, 0) is 68.1 Å². The average molecular weight is 513 g/mol. The molecule has 1 fully saturated rings. The molecule has 0 spiro atoms. The van der Waals surface area contributed by atoms with Crippen molar-refractivity contribution >= 4 is 31.8 Å². The van der Waals surface area contributed by atoms with E-state index in [1.165, 1.54) is 9.79 Å². The number of aliphatic hydroxyl groups is 1. The van der Waals surface area contributed by atoms with E-state index in [0.717, 1.165) is 32.1 Å². The Morgan fingerprint density at radius 2 is 1.56 bits per heavy atom. The molecule has 0 amide bonds. The Kier molecular flexibility index (Phi) is 9.83. The molecule has 2 aromatic carbocycles. The van der Waals surface area contributed by atoms with Gasteiger partial charge in [0.25, 0.3) is 0 Å². The Morgan fingerprint density at radius 1 is 1.00 bits per heavy atom. The highest BCUT2D eigenvalue weighted by molar-refractivity contribution is 8.17. The molecule has 0 aliphatic heterocycles. The van der Waals surface area contributed by atoms with Crippen LogP contribution in [0.5, 0.6) is 0 Å². The van der Waals surface area contributed by atoms with Crippen LogP contribution in [0.25, 0.3) is 0 Å². The topological polar surface area (TPSA) is 29.5 Å². The second kappa shape index (κ2) is 12.2. The fourth-order valence-electron chi connectivity index (χ4n) is 3.98. The Labute approximate surface area is 216 Å². The van der Waals surface area contributed by atoms with Gasteiger partial charge < -0.3 is 9.53 Å². The zero-order valence-electron chi connectivity index (χ0n) is 21.3. The van der Waals surface area contributed by atoms with Crippen LogP contribution in [0.3, 0.4) is 0 Å². The predicted molar refractivity (Wildman–Crippen MR) is 151 cm³/mol. The van der Waals surface area contributed by atoms with Crippen LogP contribution >= 0.6 is 23.5 Å². The van der Waals surface area contributed by atoms with E-state index in [2.05, 4.69) is 106 Å². The number of rotatable bonds is 8. The molecular weight excluding hydrogens is 473 g/mol. The van der Waals surface area contributed by atoms with Gasteiger partial charge in [-0.2, -0.15) is 0 Å². The molecule has 1 aliphatic rings. The Balaban J connectivity index is 1.73. The van der Waals surface area contributed by atoms with Gasteiger partial charge in [-0.25, -0.2) is 0 Å². The summed E-state index contributed by atoms with van der Waals surface area (Å²) in [5, 5.41) is 11.8. The Bertz CT molecular complexity index is 905. The van der Waals surface area contributed by atoms with Crippen molar-refractivity contribution in [3.8, 4) is 11.8 Å². The van der Waals surface area contributed by atoms with Crippen molar-refractivity contribution in [2.45, 2.75) is 91.0 Å². The van der Waals surface area contributed by atoms with Crippen LogP contribution in [0, 0.1) is 17.8 Å². The lowest BCUT2D eigenvalue weighted by Gasteiger charge is -2.38. The minimum absolute atomic E-state index is 0.162. The first-order valence-electron chi connectivity index (χ1n) is 12.4. The standard InChI is InChI=1S/C29H40O2S2Si/c1-28(2,3)34(4,5)31-22-14-21-29(30)20-13-12-15-24(29)23-27(32-25-16-8-6-9-17-25)33-26-18-10-7-11-19-26/h6-11,16-19,24,27,30H,12-13,15,20,22-23H2,1-5H3. The molecule has 0 aromatic heterocycles. The molecule has 1 saturated carbocycles. The Hall–Kier alpha value is -1.16. The summed E-state index contributed by atoms with van der Waals surface area (Å²) in [6, 6.07) is 21.2. The molecule has 2 aromatic rings. The lowest BCUT2D eigenvalue weighted by atomic mass is 9.74. The van der Waals surface area contributed by atoms with E-state index in [-0.39, 0.29) is 11.0 Å². The summed E-state index contributed by atoms with van der Waals surface area (Å²) in [6.07, 6.45) is 4.90. The van der Waals surface area contributed by atoms with Crippen molar-refractivity contribution < 1.29 is 9.53 Å². The number of benzene rings is 2. The summed E-state index contributed by atoms with van der Waals surface area (Å²) < 4.78 is 6.56. The molecule has 5 heteroatoms. The van der Waals surface area contributed by atoms with E-state index in [1.807, 2.05) is 23.5 Å². The maximum Gasteiger partial charge on any atom is 0.193 e. The molecule has 1 N–H and O–H groups in total. The molecule has 2 atom stereocenters. The number of hydrogen-bond donors (Lipinski definition) is 1. The van der Waals surface area contributed by atoms with Crippen LogP contribution in [0.2, 0.25) is 18.1 Å². The summed E-state index contributed by atoms with van der Waals surface area (Å²) >= 11 is 3.79. The van der Waals surface area contributed by atoms with Crippen molar-refractivity contribution in [2.24, 2.45) is 5.92 Å². The van der Waals surface area contributed by atoms with E-state index in [4.69, 9.17) is 4.43 Å². The van der Waals surface area contributed by atoms with E-state index < -0.39 is 13.9 Å². The second-order valence-corrected chi connectivity index (χ2v) is 18.4. The average Bonchev–Trinajstić information content (AvgIpc) is 2.79. The molecule has 2 nitrogen and oxygen atoms in total. The van der Waals surface area contributed by atoms with Gasteiger partial charge in [-0.15, -0.1) is 23.5 Å². The van der Waals surface area contributed by atoms with Gasteiger partial charge in [0.1, 0.15) is 5.60 Å². The highest BCUT2D eigenvalue weighted by atomic mass is 32.2. The first-order chi connectivity index (χ1) is 16.1. The maximum absolute atomic E-state index is 11.7. The summed E-state index contributed by atoms with van der Waals surface area (Å²) in [5.74, 6) is 6.68. The van der Waals surface area contributed by atoms with Crippen molar-refractivity contribution in [2.75, 3.05) is 6.61 Å². The van der Waals surface area contributed by atoms with Crippen molar-refractivity contribution in [1.29, 1.82) is 0 Å². The monoisotopic (exact) mass is 512 g/mol. The van der Waals surface area contributed by atoms with Crippen molar-refractivity contribution in [3.63, 3.8) is 0 Å². The van der Waals surface area contributed by atoms with Gasteiger partial charge in [0, 0.05) is 15.7 Å². The third-order valence-corrected chi connectivity index (χ3v) is 14.2. The van der Waals surface area contributed by atoms with E-state index in [1.54, 1.807) is 0 Å².